The minimum absolute atomic E-state index is 0.170. The van der Waals surface area contributed by atoms with Crippen molar-refractivity contribution in [3.05, 3.63) is 29.6 Å². The highest BCUT2D eigenvalue weighted by atomic mass is 16.5. The van der Waals surface area contributed by atoms with Gasteiger partial charge in [0, 0.05) is 0 Å². The van der Waals surface area contributed by atoms with Gasteiger partial charge in [-0.15, -0.1) is 5.10 Å². The largest absolute Gasteiger partial charge is 0.493 e. The van der Waals surface area contributed by atoms with Crippen LogP contribution in [-0.2, 0) is 0 Å². The summed E-state index contributed by atoms with van der Waals surface area (Å²) < 4.78 is 10.7. The Hall–Kier alpha value is -2.28. The van der Waals surface area contributed by atoms with Crippen molar-refractivity contribution in [2.75, 3.05) is 19.5 Å². The number of hydrogen-bond donors (Lipinski definition) is 3. The first-order valence-corrected chi connectivity index (χ1v) is 5.89. The molecule has 0 radical (unpaired) electrons. The molecule has 0 unspecified atom stereocenters. The molecule has 0 bridgehead atoms. The lowest BCUT2D eigenvalue weighted by molar-refractivity contribution is 0.310. The van der Waals surface area contributed by atoms with Crippen LogP contribution in [0.5, 0.6) is 11.5 Å². The fourth-order valence-electron chi connectivity index (χ4n) is 1.74. The van der Waals surface area contributed by atoms with Gasteiger partial charge in [0.2, 0.25) is 5.95 Å². The minimum Gasteiger partial charge on any atom is -0.493 e. The quantitative estimate of drug-likeness (QED) is 0.737. The van der Waals surface area contributed by atoms with Crippen molar-refractivity contribution < 1.29 is 9.47 Å². The van der Waals surface area contributed by atoms with Crippen molar-refractivity contribution in [3.8, 4) is 11.5 Å². The maximum atomic E-state index is 6.10. The Morgan fingerprint density at radius 1 is 1.37 bits per heavy atom. The van der Waals surface area contributed by atoms with E-state index in [2.05, 4.69) is 15.2 Å². The van der Waals surface area contributed by atoms with Crippen molar-refractivity contribution in [2.24, 2.45) is 5.73 Å². The Kier molecular flexibility index (Phi) is 3.86. The molecule has 0 amide bonds. The van der Waals surface area contributed by atoms with E-state index in [0.717, 1.165) is 5.56 Å². The Bertz CT molecular complexity index is 555. The van der Waals surface area contributed by atoms with E-state index in [1.165, 1.54) is 0 Å². The van der Waals surface area contributed by atoms with Crippen LogP contribution in [0.1, 0.15) is 24.4 Å². The summed E-state index contributed by atoms with van der Waals surface area (Å²) in [5, 5.41) is 6.46. The zero-order chi connectivity index (χ0) is 13.8. The van der Waals surface area contributed by atoms with Crippen LogP contribution in [0, 0.1) is 0 Å². The molecule has 0 aliphatic rings. The molecule has 7 heteroatoms. The highest BCUT2D eigenvalue weighted by Crippen LogP contribution is 2.30. The average Bonchev–Trinajstić information content (AvgIpc) is 2.85. The van der Waals surface area contributed by atoms with Gasteiger partial charge in [-0.05, 0) is 24.6 Å². The SMILES string of the molecule is CCOc1cc([C@H](N)c2nc(N)n[nH]2)ccc1OC. The number of nitrogens with zero attached hydrogens (tertiary/aromatic N) is 2. The molecule has 1 aromatic carbocycles. The number of methoxy groups -OCH3 is 1. The Labute approximate surface area is 110 Å². The molecule has 0 saturated carbocycles. The fourth-order valence-corrected chi connectivity index (χ4v) is 1.74. The maximum Gasteiger partial charge on any atom is 0.239 e. The molecule has 0 aliphatic carbocycles. The van der Waals surface area contributed by atoms with Gasteiger partial charge in [0.05, 0.1) is 19.8 Å². The Morgan fingerprint density at radius 2 is 2.16 bits per heavy atom. The lowest BCUT2D eigenvalue weighted by Crippen LogP contribution is -2.14. The van der Waals surface area contributed by atoms with Crippen LogP contribution in [0.2, 0.25) is 0 Å². The number of ether oxygens (including phenoxy) is 2. The van der Waals surface area contributed by atoms with Crippen molar-refractivity contribution in [1.29, 1.82) is 0 Å². The fraction of sp³-hybridized carbons (Fsp3) is 0.333. The minimum atomic E-state index is -0.449. The van der Waals surface area contributed by atoms with E-state index in [9.17, 15) is 0 Å². The molecule has 5 N–H and O–H groups in total. The molecule has 2 rings (SSSR count). The summed E-state index contributed by atoms with van der Waals surface area (Å²) >= 11 is 0. The van der Waals surface area contributed by atoms with Gasteiger partial charge in [0.1, 0.15) is 5.82 Å². The van der Waals surface area contributed by atoms with E-state index in [-0.39, 0.29) is 5.95 Å². The third-order valence-corrected chi connectivity index (χ3v) is 2.66. The molecule has 19 heavy (non-hydrogen) atoms. The van der Waals surface area contributed by atoms with Gasteiger partial charge in [-0.3, -0.25) is 5.10 Å². The number of anilines is 1. The zero-order valence-electron chi connectivity index (χ0n) is 10.9. The predicted molar refractivity (Wildman–Crippen MR) is 71.0 cm³/mol. The molecular formula is C12H17N5O2. The standard InChI is InChI=1S/C12H17N5O2/c1-3-19-9-6-7(4-5-8(9)18-2)10(13)11-15-12(14)17-16-11/h4-6,10H,3,13H2,1-2H3,(H3,14,15,16,17)/t10-/m0/s1. The first-order chi connectivity index (χ1) is 9.15. The Morgan fingerprint density at radius 3 is 2.74 bits per heavy atom. The summed E-state index contributed by atoms with van der Waals surface area (Å²) in [6, 6.07) is 5.03. The summed E-state index contributed by atoms with van der Waals surface area (Å²) in [4.78, 5) is 4.02. The monoisotopic (exact) mass is 263 g/mol. The van der Waals surface area contributed by atoms with Gasteiger partial charge < -0.3 is 20.9 Å². The molecular weight excluding hydrogens is 246 g/mol. The van der Waals surface area contributed by atoms with E-state index in [1.54, 1.807) is 13.2 Å². The van der Waals surface area contributed by atoms with Gasteiger partial charge in [-0.25, -0.2) is 0 Å². The maximum absolute atomic E-state index is 6.10. The number of aromatic nitrogens is 3. The lowest BCUT2D eigenvalue weighted by atomic mass is 10.1. The molecule has 0 spiro atoms. The molecule has 0 aliphatic heterocycles. The molecule has 7 nitrogen and oxygen atoms in total. The van der Waals surface area contributed by atoms with E-state index in [1.807, 2.05) is 19.1 Å². The summed E-state index contributed by atoms with van der Waals surface area (Å²) in [7, 11) is 1.59. The van der Waals surface area contributed by atoms with E-state index in [0.29, 0.717) is 23.9 Å². The molecule has 0 fully saturated rings. The van der Waals surface area contributed by atoms with Gasteiger partial charge in [0.15, 0.2) is 11.5 Å². The number of hydrogen-bond acceptors (Lipinski definition) is 6. The normalized spacial score (nSPS) is 12.2. The average molecular weight is 263 g/mol. The number of nitrogen functional groups attached to an aromatic ring is 1. The number of nitrogens with one attached hydrogen (secondary N) is 1. The van der Waals surface area contributed by atoms with Crippen LogP contribution < -0.4 is 20.9 Å². The smallest absolute Gasteiger partial charge is 0.239 e. The van der Waals surface area contributed by atoms with Gasteiger partial charge >= 0.3 is 0 Å². The van der Waals surface area contributed by atoms with Crippen molar-refractivity contribution in [3.63, 3.8) is 0 Å². The van der Waals surface area contributed by atoms with Crippen LogP contribution >= 0.6 is 0 Å². The highest BCUT2D eigenvalue weighted by Gasteiger charge is 2.15. The second-order valence-corrected chi connectivity index (χ2v) is 3.90. The molecule has 0 saturated heterocycles. The molecule has 2 aromatic rings. The number of H-pyrrole nitrogens is 1. The number of aromatic amines is 1. The van der Waals surface area contributed by atoms with E-state index >= 15 is 0 Å². The van der Waals surface area contributed by atoms with Crippen molar-refractivity contribution in [2.45, 2.75) is 13.0 Å². The second kappa shape index (κ2) is 5.57. The van der Waals surface area contributed by atoms with E-state index in [4.69, 9.17) is 20.9 Å². The first-order valence-electron chi connectivity index (χ1n) is 5.89. The number of nitrogens with two attached hydrogens (primary N) is 2. The van der Waals surface area contributed by atoms with E-state index < -0.39 is 6.04 Å². The first kappa shape index (κ1) is 13.2. The molecule has 1 heterocycles. The van der Waals surface area contributed by atoms with Gasteiger partial charge in [0.25, 0.3) is 0 Å². The second-order valence-electron chi connectivity index (χ2n) is 3.90. The van der Waals surface area contributed by atoms with Gasteiger partial charge in [-0.2, -0.15) is 4.98 Å². The summed E-state index contributed by atoms with van der Waals surface area (Å²) in [5.41, 5.74) is 12.4. The highest BCUT2D eigenvalue weighted by molar-refractivity contribution is 5.44. The topological polar surface area (TPSA) is 112 Å². The third kappa shape index (κ3) is 2.76. The Balaban J connectivity index is 2.31. The van der Waals surface area contributed by atoms with Crippen LogP contribution in [0.15, 0.2) is 18.2 Å². The summed E-state index contributed by atoms with van der Waals surface area (Å²) in [6.45, 7) is 2.45. The van der Waals surface area contributed by atoms with Crippen LogP contribution in [0.4, 0.5) is 5.95 Å². The lowest BCUT2D eigenvalue weighted by Gasteiger charge is -2.13. The van der Waals surface area contributed by atoms with Crippen molar-refractivity contribution >= 4 is 5.95 Å². The molecule has 102 valence electrons. The number of rotatable bonds is 5. The summed E-state index contributed by atoms with van der Waals surface area (Å²) in [5.74, 6) is 1.98. The number of benzene rings is 1. The van der Waals surface area contributed by atoms with Crippen LogP contribution in [0.3, 0.4) is 0 Å². The predicted octanol–water partition coefficient (Wildman–Crippen LogP) is 0.842. The van der Waals surface area contributed by atoms with Crippen molar-refractivity contribution in [1.82, 2.24) is 15.2 Å². The zero-order valence-corrected chi connectivity index (χ0v) is 10.9. The molecule has 1 atom stereocenters. The van der Waals surface area contributed by atoms with Gasteiger partial charge in [-0.1, -0.05) is 6.07 Å². The van der Waals surface area contributed by atoms with Crippen LogP contribution in [0.25, 0.3) is 0 Å². The molecule has 1 aromatic heterocycles. The van der Waals surface area contributed by atoms with Crippen LogP contribution in [-0.4, -0.2) is 28.9 Å². The third-order valence-electron chi connectivity index (χ3n) is 2.66. The summed E-state index contributed by atoms with van der Waals surface area (Å²) in [6.07, 6.45) is 0.